The van der Waals surface area contributed by atoms with Crippen LogP contribution in [-0.2, 0) is 0 Å². The monoisotopic (exact) mass is 261 g/mol. The summed E-state index contributed by atoms with van der Waals surface area (Å²) >= 11 is 1.95. The van der Waals surface area contributed by atoms with Gasteiger partial charge in [-0.05, 0) is 30.1 Å². The molecule has 1 saturated carbocycles. The molecule has 0 N–H and O–H groups in total. The highest BCUT2D eigenvalue weighted by Gasteiger charge is 2.46. The summed E-state index contributed by atoms with van der Waals surface area (Å²) in [6.07, 6.45) is 8.47. The van der Waals surface area contributed by atoms with Gasteiger partial charge in [-0.3, -0.25) is 0 Å². The molecule has 2 bridgehead atoms. The highest BCUT2D eigenvalue weighted by molar-refractivity contribution is 7.11. The molecule has 1 aromatic heterocycles. The van der Waals surface area contributed by atoms with E-state index >= 15 is 0 Å². The van der Waals surface area contributed by atoms with Crippen molar-refractivity contribution < 1.29 is 0 Å². The third-order valence-corrected chi connectivity index (χ3v) is 6.05. The summed E-state index contributed by atoms with van der Waals surface area (Å²) in [7, 11) is 0. The average Bonchev–Trinajstić information content (AvgIpc) is 3.02. The summed E-state index contributed by atoms with van der Waals surface area (Å²) in [4.78, 5) is 6.17. The van der Waals surface area contributed by atoms with Crippen molar-refractivity contribution in [2.75, 3.05) is 0 Å². The molecule has 98 valence electrons. The standard InChI is InChI=1S/C16H23NS/c1-9(2)14-11-5-6-12(7-11)15(14)13-8-17-16(18-13)10(3)4/h5-6,8-12,14-15H,7H2,1-4H3. The van der Waals surface area contributed by atoms with Crippen LogP contribution >= 0.6 is 11.3 Å². The Kier molecular flexibility index (Phi) is 3.09. The third kappa shape index (κ3) is 1.85. The van der Waals surface area contributed by atoms with Gasteiger partial charge in [0.2, 0.25) is 0 Å². The zero-order valence-corrected chi connectivity index (χ0v) is 12.6. The molecule has 4 unspecified atom stereocenters. The molecular formula is C16H23NS. The van der Waals surface area contributed by atoms with Crippen LogP contribution in [0, 0.1) is 23.7 Å². The smallest absolute Gasteiger partial charge is 0.0953 e. The number of hydrogen-bond acceptors (Lipinski definition) is 2. The predicted molar refractivity (Wildman–Crippen MR) is 78.0 cm³/mol. The Morgan fingerprint density at radius 2 is 1.89 bits per heavy atom. The van der Waals surface area contributed by atoms with Gasteiger partial charge in [0.1, 0.15) is 0 Å². The first-order chi connectivity index (χ1) is 8.58. The molecule has 1 heterocycles. The maximum atomic E-state index is 4.63. The van der Waals surface area contributed by atoms with Gasteiger partial charge in [-0.15, -0.1) is 11.3 Å². The van der Waals surface area contributed by atoms with Crippen LogP contribution in [0.2, 0.25) is 0 Å². The molecule has 2 heteroatoms. The molecular weight excluding hydrogens is 238 g/mol. The van der Waals surface area contributed by atoms with Crippen LogP contribution in [0.25, 0.3) is 0 Å². The summed E-state index contributed by atoms with van der Waals surface area (Å²) in [5.41, 5.74) is 0. The van der Waals surface area contributed by atoms with Gasteiger partial charge in [0.15, 0.2) is 0 Å². The minimum absolute atomic E-state index is 0.565. The summed E-state index contributed by atoms with van der Waals surface area (Å²) in [6, 6.07) is 0. The van der Waals surface area contributed by atoms with Crippen LogP contribution in [-0.4, -0.2) is 4.98 Å². The lowest BCUT2D eigenvalue weighted by Gasteiger charge is -2.30. The molecule has 2 aliphatic carbocycles. The van der Waals surface area contributed by atoms with Gasteiger partial charge in [0.05, 0.1) is 5.01 Å². The van der Waals surface area contributed by atoms with Gasteiger partial charge in [-0.1, -0.05) is 39.8 Å². The predicted octanol–water partition coefficient (Wildman–Crippen LogP) is 4.83. The van der Waals surface area contributed by atoms with Crippen molar-refractivity contribution in [3.63, 3.8) is 0 Å². The zero-order valence-electron chi connectivity index (χ0n) is 11.8. The maximum Gasteiger partial charge on any atom is 0.0953 e. The van der Waals surface area contributed by atoms with Gasteiger partial charge >= 0.3 is 0 Å². The fourth-order valence-electron chi connectivity index (χ4n) is 3.89. The van der Waals surface area contributed by atoms with Crippen molar-refractivity contribution in [3.05, 3.63) is 28.2 Å². The lowest BCUT2D eigenvalue weighted by atomic mass is 9.76. The maximum absolute atomic E-state index is 4.63. The number of thiazole rings is 1. The lowest BCUT2D eigenvalue weighted by molar-refractivity contribution is 0.296. The van der Waals surface area contributed by atoms with Gasteiger partial charge in [-0.2, -0.15) is 0 Å². The second-order valence-electron chi connectivity index (χ2n) is 6.55. The Morgan fingerprint density at radius 1 is 1.17 bits per heavy atom. The Hall–Kier alpha value is -0.630. The minimum atomic E-state index is 0.565. The number of nitrogens with zero attached hydrogens (tertiary/aromatic N) is 1. The van der Waals surface area contributed by atoms with E-state index in [9.17, 15) is 0 Å². The third-order valence-electron chi connectivity index (χ3n) is 4.65. The van der Waals surface area contributed by atoms with Crippen molar-refractivity contribution in [1.82, 2.24) is 4.98 Å². The molecule has 2 aliphatic rings. The first kappa shape index (κ1) is 12.4. The quantitative estimate of drug-likeness (QED) is 0.710. The largest absolute Gasteiger partial charge is 0.249 e. The van der Waals surface area contributed by atoms with E-state index in [0.29, 0.717) is 5.92 Å². The van der Waals surface area contributed by atoms with Crippen molar-refractivity contribution in [2.24, 2.45) is 23.7 Å². The van der Waals surface area contributed by atoms with E-state index in [2.05, 4.69) is 51.0 Å². The van der Waals surface area contributed by atoms with E-state index in [1.807, 2.05) is 11.3 Å². The Balaban J connectivity index is 1.92. The van der Waals surface area contributed by atoms with E-state index in [0.717, 1.165) is 29.6 Å². The average molecular weight is 261 g/mol. The normalized spacial score (nSPS) is 34.1. The fraction of sp³-hybridized carbons (Fsp3) is 0.688. The topological polar surface area (TPSA) is 12.9 Å². The summed E-state index contributed by atoms with van der Waals surface area (Å²) in [5.74, 6) is 4.52. The second-order valence-corrected chi connectivity index (χ2v) is 7.64. The summed E-state index contributed by atoms with van der Waals surface area (Å²) in [6.45, 7) is 9.25. The molecule has 1 aromatic rings. The molecule has 1 fully saturated rings. The molecule has 0 radical (unpaired) electrons. The van der Waals surface area contributed by atoms with E-state index in [1.54, 1.807) is 0 Å². The van der Waals surface area contributed by atoms with Crippen molar-refractivity contribution in [2.45, 2.75) is 46.0 Å². The van der Waals surface area contributed by atoms with E-state index in [1.165, 1.54) is 16.3 Å². The zero-order chi connectivity index (χ0) is 12.9. The Labute approximate surface area is 114 Å². The molecule has 0 spiro atoms. The van der Waals surface area contributed by atoms with E-state index in [-0.39, 0.29) is 0 Å². The van der Waals surface area contributed by atoms with Crippen LogP contribution in [0.5, 0.6) is 0 Å². The van der Waals surface area contributed by atoms with Crippen LogP contribution in [0.3, 0.4) is 0 Å². The van der Waals surface area contributed by atoms with Gasteiger partial charge in [0.25, 0.3) is 0 Å². The molecule has 0 aromatic carbocycles. The number of rotatable bonds is 3. The number of fused-ring (bicyclic) bond motifs is 2. The Bertz CT molecular complexity index is 457. The molecule has 0 saturated heterocycles. The minimum Gasteiger partial charge on any atom is -0.249 e. The number of allylic oxidation sites excluding steroid dienone is 2. The first-order valence-electron chi connectivity index (χ1n) is 7.22. The molecule has 3 rings (SSSR count). The van der Waals surface area contributed by atoms with Crippen LogP contribution in [0.4, 0.5) is 0 Å². The fourth-order valence-corrected chi connectivity index (χ4v) is 5.05. The van der Waals surface area contributed by atoms with Gasteiger partial charge < -0.3 is 0 Å². The first-order valence-corrected chi connectivity index (χ1v) is 8.03. The van der Waals surface area contributed by atoms with Crippen molar-refractivity contribution in [1.29, 1.82) is 0 Å². The van der Waals surface area contributed by atoms with Crippen LogP contribution in [0.15, 0.2) is 18.3 Å². The molecule has 18 heavy (non-hydrogen) atoms. The molecule has 1 nitrogen and oxygen atoms in total. The van der Waals surface area contributed by atoms with Crippen molar-refractivity contribution in [3.8, 4) is 0 Å². The SMILES string of the molecule is CC(C)c1ncc(C2C3C=CC(C3)C2C(C)C)s1. The summed E-state index contributed by atoms with van der Waals surface area (Å²) < 4.78 is 0. The molecule has 0 aliphatic heterocycles. The number of hydrogen-bond donors (Lipinski definition) is 0. The lowest BCUT2D eigenvalue weighted by Crippen LogP contribution is -2.22. The van der Waals surface area contributed by atoms with Crippen molar-refractivity contribution >= 4 is 11.3 Å². The Morgan fingerprint density at radius 3 is 2.50 bits per heavy atom. The highest BCUT2D eigenvalue weighted by atomic mass is 32.1. The molecule has 0 amide bonds. The van der Waals surface area contributed by atoms with E-state index in [4.69, 9.17) is 0 Å². The van der Waals surface area contributed by atoms with Crippen LogP contribution in [0.1, 0.15) is 55.8 Å². The van der Waals surface area contributed by atoms with E-state index < -0.39 is 0 Å². The second kappa shape index (κ2) is 4.48. The number of aromatic nitrogens is 1. The van der Waals surface area contributed by atoms with Crippen LogP contribution < -0.4 is 0 Å². The summed E-state index contributed by atoms with van der Waals surface area (Å²) in [5, 5.41) is 1.30. The highest BCUT2D eigenvalue weighted by Crippen LogP contribution is 2.56. The van der Waals surface area contributed by atoms with Gasteiger partial charge in [-0.25, -0.2) is 4.98 Å². The molecule has 4 atom stereocenters. The van der Waals surface area contributed by atoms with Gasteiger partial charge in [0, 0.05) is 22.9 Å².